The molecule has 0 N–H and O–H groups in total. The number of nitrogens with zero attached hydrogens (tertiary/aromatic N) is 3. The van der Waals surface area contributed by atoms with Crippen molar-refractivity contribution in [1.82, 2.24) is 9.88 Å². The van der Waals surface area contributed by atoms with Gasteiger partial charge in [0.25, 0.3) is 0 Å². The zero-order valence-corrected chi connectivity index (χ0v) is 18.4. The molecule has 168 valence electrons. The molecule has 34 heavy (non-hydrogen) atoms. The summed E-state index contributed by atoms with van der Waals surface area (Å²) in [6, 6.07) is 24.4. The Hall–Kier alpha value is -4.24. The van der Waals surface area contributed by atoms with Crippen LogP contribution < -0.4 is 4.74 Å². The summed E-state index contributed by atoms with van der Waals surface area (Å²) in [4.78, 5) is 19.5. The molecular weight excluding hydrogens is 429 g/mol. The number of carbonyl (C=O) groups is 1. The smallest absolute Gasteiger partial charge is 0.223 e. The highest BCUT2D eigenvalue weighted by Gasteiger charge is 2.38. The van der Waals surface area contributed by atoms with Gasteiger partial charge in [0.1, 0.15) is 23.7 Å². The maximum absolute atomic E-state index is 13.8. The highest BCUT2D eigenvalue weighted by atomic mass is 19.1. The van der Waals surface area contributed by atoms with Crippen LogP contribution in [0.5, 0.6) is 5.75 Å². The van der Waals surface area contributed by atoms with E-state index in [9.17, 15) is 9.18 Å². The van der Waals surface area contributed by atoms with Crippen LogP contribution in [0.1, 0.15) is 41.7 Å². The third-order valence-electron chi connectivity index (χ3n) is 6.16. The molecular formula is C28H22FN3O2. The molecule has 5 nitrogen and oxygen atoms in total. The average Bonchev–Trinajstić information content (AvgIpc) is 3.30. The van der Waals surface area contributed by atoms with Crippen molar-refractivity contribution in [1.29, 1.82) is 5.26 Å². The number of carbonyl (C=O) groups excluding carboxylic acids is 1. The number of aromatic nitrogens is 1. The van der Waals surface area contributed by atoms with Gasteiger partial charge < -0.3 is 9.64 Å². The van der Waals surface area contributed by atoms with E-state index in [2.05, 4.69) is 11.1 Å². The van der Waals surface area contributed by atoms with Gasteiger partial charge in [0.05, 0.1) is 17.1 Å². The predicted molar refractivity (Wildman–Crippen MR) is 126 cm³/mol. The molecule has 2 heterocycles. The fourth-order valence-electron chi connectivity index (χ4n) is 4.55. The molecule has 1 aromatic heterocycles. The fraction of sp³-hybridized carbons (Fsp3) is 0.179. The Kier molecular flexibility index (Phi) is 5.92. The van der Waals surface area contributed by atoms with Crippen LogP contribution in [0.15, 0.2) is 85.1 Å². The Morgan fingerprint density at radius 1 is 1.00 bits per heavy atom. The number of halogens is 1. The third kappa shape index (κ3) is 4.20. The molecule has 1 aliphatic heterocycles. The second-order valence-corrected chi connectivity index (χ2v) is 8.28. The molecule has 1 unspecified atom stereocenters. The van der Waals surface area contributed by atoms with Crippen molar-refractivity contribution in [3.05, 3.63) is 108 Å². The van der Waals surface area contributed by atoms with Crippen LogP contribution in [0, 0.1) is 17.1 Å². The molecule has 4 aromatic rings. The van der Waals surface area contributed by atoms with Gasteiger partial charge >= 0.3 is 0 Å². The minimum atomic E-state index is -0.622. The minimum absolute atomic E-state index is 0.0495. The number of pyridine rings is 1. The van der Waals surface area contributed by atoms with E-state index in [1.54, 1.807) is 42.6 Å². The van der Waals surface area contributed by atoms with Crippen molar-refractivity contribution >= 4 is 16.8 Å². The number of ether oxygens (including phenoxy) is 1. The first-order valence-electron chi connectivity index (χ1n) is 11.2. The minimum Gasteiger partial charge on any atom is -0.483 e. The highest BCUT2D eigenvalue weighted by Crippen LogP contribution is 2.42. The topological polar surface area (TPSA) is 66.2 Å². The normalized spacial score (nSPS) is 15.2. The van der Waals surface area contributed by atoms with E-state index < -0.39 is 12.1 Å². The molecule has 0 saturated carbocycles. The second kappa shape index (κ2) is 9.32. The SMILES string of the molecule is N#Cc1ccc(OC(c2ccc(F)cc2)[C@H](c2cccc3cccnc23)N2CCCC2=O)cc1. The monoisotopic (exact) mass is 451 g/mol. The van der Waals surface area contributed by atoms with Crippen LogP contribution in [0.3, 0.4) is 0 Å². The molecule has 3 aromatic carbocycles. The number of hydrogen-bond donors (Lipinski definition) is 0. The lowest BCUT2D eigenvalue weighted by Crippen LogP contribution is -2.36. The van der Waals surface area contributed by atoms with Gasteiger partial charge in [-0.1, -0.05) is 36.4 Å². The Labute approximate surface area is 197 Å². The Morgan fingerprint density at radius 2 is 1.76 bits per heavy atom. The van der Waals surface area contributed by atoms with E-state index in [0.29, 0.717) is 24.3 Å². The van der Waals surface area contributed by atoms with Crippen molar-refractivity contribution in [2.24, 2.45) is 0 Å². The zero-order chi connectivity index (χ0) is 23.5. The first-order valence-corrected chi connectivity index (χ1v) is 11.2. The largest absolute Gasteiger partial charge is 0.483 e. The summed E-state index contributed by atoms with van der Waals surface area (Å²) in [5.74, 6) is 0.258. The second-order valence-electron chi connectivity index (χ2n) is 8.28. The molecule has 2 atom stereocenters. The number of benzene rings is 3. The third-order valence-corrected chi connectivity index (χ3v) is 6.16. The summed E-state index contributed by atoms with van der Waals surface area (Å²) in [6.07, 6.45) is 2.36. The molecule has 0 aliphatic carbocycles. The summed E-state index contributed by atoms with van der Waals surface area (Å²) in [5.41, 5.74) is 2.93. The number of para-hydroxylation sites is 1. The first kappa shape index (κ1) is 21.6. The van der Waals surface area contributed by atoms with Gasteiger partial charge in [-0.25, -0.2) is 4.39 Å². The standard InChI is InChI=1S/C28H22FN3O2/c29-22-12-10-21(11-13-22)28(34-23-14-8-19(18-30)9-15-23)27(32-17-3-7-25(32)33)24-6-1-4-20-5-2-16-31-26(20)24/h1-2,4-6,8-16,27-28H,3,7,17H2/t27-,28?/m0/s1. The molecule has 0 radical (unpaired) electrons. The number of rotatable bonds is 6. The summed E-state index contributed by atoms with van der Waals surface area (Å²) in [7, 11) is 0. The van der Waals surface area contributed by atoms with Gasteiger partial charge in [-0.2, -0.15) is 5.26 Å². The van der Waals surface area contributed by atoms with Gasteiger partial charge in [-0.3, -0.25) is 9.78 Å². The van der Waals surface area contributed by atoms with Crippen LogP contribution in [0.25, 0.3) is 10.9 Å². The van der Waals surface area contributed by atoms with E-state index in [1.165, 1.54) is 12.1 Å². The van der Waals surface area contributed by atoms with Gasteiger partial charge in [-0.05, 0) is 54.4 Å². The van der Waals surface area contributed by atoms with Gasteiger partial charge in [0.15, 0.2) is 0 Å². The number of likely N-dealkylation sites (tertiary alicyclic amines) is 1. The summed E-state index contributed by atoms with van der Waals surface area (Å²) in [6.45, 7) is 0.598. The van der Waals surface area contributed by atoms with Gasteiger partial charge in [-0.15, -0.1) is 0 Å². The van der Waals surface area contributed by atoms with Crippen LogP contribution in [0.4, 0.5) is 4.39 Å². The molecule has 0 spiro atoms. The van der Waals surface area contributed by atoms with Crippen molar-refractivity contribution in [3.63, 3.8) is 0 Å². The Morgan fingerprint density at radius 3 is 2.47 bits per heavy atom. The molecule has 1 aliphatic rings. The molecule has 6 heteroatoms. The van der Waals surface area contributed by atoms with Gasteiger partial charge in [0.2, 0.25) is 5.91 Å². The molecule has 5 rings (SSSR count). The summed E-state index contributed by atoms with van der Waals surface area (Å²) in [5, 5.41) is 10.1. The van der Waals surface area contributed by atoms with Crippen molar-refractivity contribution in [3.8, 4) is 11.8 Å². The van der Waals surface area contributed by atoms with E-state index in [-0.39, 0.29) is 11.7 Å². The zero-order valence-electron chi connectivity index (χ0n) is 18.4. The highest BCUT2D eigenvalue weighted by molar-refractivity contribution is 5.84. The lowest BCUT2D eigenvalue weighted by atomic mass is 9.92. The first-order chi connectivity index (χ1) is 16.6. The molecule has 0 bridgehead atoms. The lowest BCUT2D eigenvalue weighted by molar-refractivity contribution is -0.131. The predicted octanol–water partition coefficient (Wildman–Crippen LogP) is 5.73. The maximum atomic E-state index is 13.8. The van der Waals surface area contributed by atoms with E-state index >= 15 is 0 Å². The van der Waals surface area contributed by atoms with Crippen LogP contribution in [-0.4, -0.2) is 22.3 Å². The number of hydrogen-bond acceptors (Lipinski definition) is 4. The molecule has 1 saturated heterocycles. The number of amides is 1. The maximum Gasteiger partial charge on any atom is 0.223 e. The summed E-state index contributed by atoms with van der Waals surface area (Å²) >= 11 is 0. The van der Waals surface area contributed by atoms with Crippen LogP contribution in [-0.2, 0) is 4.79 Å². The van der Waals surface area contributed by atoms with Crippen LogP contribution >= 0.6 is 0 Å². The quantitative estimate of drug-likeness (QED) is 0.376. The van der Waals surface area contributed by atoms with Gasteiger partial charge in [0, 0.05) is 30.1 Å². The molecule has 1 amide bonds. The fourth-order valence-corrected chi connectivity index (χ4v) is 4.55. The average molecular weight is 452 g/mol. The van der Waals surface area contributed by atoms with Crippen molar-refractivity contribution in [2.45, 2.75) is 25.0 Å². The Bertz CT molecular complexity index is 1360. The summed E-state index contributed by atoms with van der Waals surface area (Å²) < 4.78 is 20.3. The number of fused-ring (bicyclic) bond motifs is 1. The lowest BCUT2D eigenvalue weighted by Gasteiger charge is -2.35. The van der Waals surface area contributed by atoms with Crippen molar-refractivity contribution < 1.29 is 13.9 Å². The molecule has 1 fully saturated rings. The van der Waals surface area contributed by atoms with E-state index in [4.69, 9.17) is 10.00 Å². The number of nitriles is 1. The van der Waals surface area contributed by atoms with E-state index in [0.717, 1.165) is 28.5 Å². The van der Waals surface area contributed by atoms with Crippen molar-refractivity contribution in [2.75, 3.05) is 6.54 Å². The Balaban J connectivity index is 1.68. The van der Waals surface area contributed by atoms with E-state index in [1.807, 2.05) is 35.2 Å². The van der Waals surface area contributed by atoms with Crippen LogP contribution in [0.2, 0.25) is 0 Å².